The lowest BCUT2D eigenvalue weighted by molar-refractivity contribution is -0.384. The highest BCUT2D eigenvalue weighted by molar-refractivity contribution is 5.99. The Balaban J connectivity index is 2.81. The molecule has 0 aliphatic carbocycles. The van der Waals surface area contributed by atoms with Gasteiger partial charge in [-0.2, -0.15) is 0 Å². The Morgan fingerprint density at radius 2 is 1.83 bits per heavy atom. The number of nitro groups is 1. The van der Waals surface area contributed by atoms with E-state index in [1.165, 1.54) is 31.2 Å². The first-order valence-electron chi connectivity index (χ1n) is 6.53. The average Bonchev–Trinajstić information content (AvgIpc) is 2.46. The monoisotopic (exact) mass is 324 g/mol. The molecule has 0 aliphatic rings. The van der Waals surface area contributed by atoms with Gasteiger partial charge >= 0.3 is 5.97 Å². The predicted octanol–water partition coefficient (Wildman–Crippen LogP) is -0.160. The fourth-order valence-electron chi connectivity index (χ4n) is 1.58. The number of nitrogens with one attached hydrogen (secondary N) is 2. The number of carbonyl (C=O) groups excluding carboxylic acids is 2. The van der Waals surface area contributed by atoms with Crippen LogP contribution < -0.4 is 16.4 Å². The SMILES string of the molecule is C[C@H](N)C(=O)N[C@@H](CC(=O)O)C(=O)Nc1ccc([N+](=O)[O-])cc1. The van der Waals surface area contributed by atoms with E-state index in [2.05, 4.69) is 10.6 Å². The number of aliphatic carboxylic acids is 1. The lowest BCUT2D eigenvalue weighted by Gasteiger charge is -2.18. The largest absolute Gasteiger partial charge is 0.481 e. The van der Waals surface area contributed by atoms with Crippen LogP contribution in [0.15, 0.2) is 24.3 Å². The fraction of sp³-hybridized carbons (Fsp3) is 0.308. The summed E-state index contributed by atoms with van der Waals surface area (Å²) in [5.41, 5.74) is 5.43. The first-order chi connectivity index (χ1) is 10.7. The summed E-state index contributed by atoms with van der Waals surface area (Å²) in [4.78, 5) is 44.3. The quantitative estimate of drug-likeness (QED) is 0.399. The van der Waals surface area contributed by atoms with Gasteiger partial charge in [-0.1, -0.05) is 0 Å². The summed E-state index contributed by atoms with van der Waals surface area (Å²) in [7, 11) is 0. The van der Waals surface area contributed by atoms with Gasteiger partial charge in [0, 0.05) is 17.8 Å². The Kier molecular flexibility index (Phi) is 6.15. The molecule has 124 valence electrons. The predicted molar refractivity (Wildman–Crippen MR) is 79.6 cm³/mol. The molecule has 0 spiro atoms. The van der Waals surface area contributed by atoms with Crippen LogP contribution in [0, 0.1) is 10.1 Å². The number of hydrogen-bond acceptors (Lipinski definition) is 6. The standard InChI is InChI=1S/C13H16N4O6/c1-7(14)12(20)16-10(6-11(18)19)13(21)15-8-2-4-9(5-3-8)17(22)23/h2-5,7,10H,6,14H2,1H3,(H,15,21)(H,16,20)(H,18,19)/t7-,10-/m0/s1. The highest BCUT2D eigenvalue weighted by atomic mass is 16.6. The number of nitro benzene ring substituents is 1. The van der Waals surface area contributed by atoms with Crippen LogP contribution in [-0.2, 0) is 14.4 Å². The van der Waals surface area contributed by atoms with Gasteiger partial charge in [-0.25, -0.2) is 0 Å². The Morgan fingerprint density at radius 3 is 2.26 bits per heavy atom. The van der Waals surface area contributed by atoms with Crippen LogP contribution >= 0.6 is 0 Å². The van der Waals surface area contributed by atoms with E-state index >= 15 is 0 Å². The molecule has 0 fully saturated rings. The van der Waals surface area contributed by atoms with Crippen LogP contribution in [0.4, 0.5) is 11.4 Å². The Labute approximate surface area is 130 Å². The number of nitrogens with two attached hydrogens (primary N) is 1. The summed E-state index contributed by atoms with van der Waals surface area (Å²) in [6.45, 7) is 1.39. The molecule has 0 unspecified atom stereocenters. The Bertz CT molecular complexity index is 613. The second kappa shape index (κ2) is 7.84. The third kappa shape index (κ3) is 5.71. The van der Waals surface area contributed by atoms with Gasteiger partial charge in [-0.3, -0.25) is 24.5 Å². The van der Waals surface area contributed by atoms with Crippen molar-refractivity contribution in [3.05, 3.63) is 34.4 Å². The van der Waals surface area contributed by atoms with Gasteiger partial charge in [-0.15, -0.1) is 0 Å². The molecule has 5 N–H and O–H groups in total. The zero-order chi connectivity index (χ0) is 17.6. The average molecular weight is 324 g/mol. The van der Waals surface area contributed by atoms with Gasteiger partial charge in [0.1, 0.15) is 6.04 Å². The second-order valence-corrected chi connectivity index (χ2v) is 4.74. The van der Waals surface area contributed by atoms with Gasteiger partial charge in [-0.05, 0) is 19.1 Å². The topological polar surface area (TPSA) is 165 Å². The summed E-state index contributed by atoms with van der Waals surface area (Å²) in [5, 5.41) is 24.0. The highest BCUT2D eigenvalue weighted by Crippen LogP contribution is 2.15. The van der Waals surface area contributed by atoms with Crippen LogP contribution in [0.3, 0.4) is 0 Å². The minimum atomic E-state index is -1.32. The van der Waals surface area contributed by atoms with E-state index in [1.807, 2.05) is 0 Å². The molecule has 2 atom stereocenters. The van der Waals surface area contributed by atoms with Crippen LogP contribution in [0.2, 0.25) is 0 Å². The molecule has 0 radical (unpaired) electrons. The van der Waals surface area contributed by atoms with Gasteiger partial charge in [0.15, 0.2) is 0 Å². The van der Waals surface area contributed by atoms with E-state index in [4.69, 9.17) is 10.8 Å². The van der Waals surface area contributed by atoms with E-state index in [0.29, 0.717) is 0 Å². The number of nitrogens with zero attached hydrogens (tertiary/aromatic N) is 1. The summed E-state index contributed by atoms with van der Waals surface area (Å²) in [6.07, 6.45) is -0.628. The highest BCUT2D eigenvalue weighted by Gasteiger charge is 2.25. The van der Waals surface area contributed by atoms with E-state index in [-0.39, 0.29) is 11.4 Å². The number of anilines is 1. The summed E-state index contributed by atoms with van der Waals surface area (Å²) < 4.78 is 0. The van der Waals surface area contributed by atoms with E-state index in [0.717, 1.165) is 0 Å². The zero-order valence-corrected chi connectivity index (χ0v) is 12.2. The lowest BCUT2D eigenvalue weighted by Crippen LogP contribution is -2.49. The van der Waals surface area contributed by atoms with Gasteiger partial charge in [0.05, 0.1) is 17.4 Å². The number of hydrogen-bond donors (Lipinski definition) is 4. The Morgan fingerprint density at radius 1 is 1.26 bits per heavy atom. The Hall–Kier alpha value is -3.01. The maximum atomic E-state index is 12.1. The van der Waals surface area contributed by atoms with Crippen LogP contribution in [-0.4, -0.2) is 39.9 Å². The van der Waals surface area contributed by atoms with Crippen molar-refractivity contribution in [3.8, 4) is 0 Å². The van der Waals surface area contributed by atoms with Crippen LogP contribution in [0.5, 0.6) is 0 Å². The maximum absolute atomic E-state index is 12.1. The smallest absolute Gasteiger partial charge is 0.305 e. The lowest BCUT2D eigenvalue weighted by atomic mass is 10.1. The fourth-order valence-corrected chi connectivity index (χ4v) is 1.58. The molecule has 23 heavy (non-hydrogen) atoms. The molecule has 0 bridgehead atoms. The number of carboxylic acids is 1. The number of non-ortho nitro benzene ring substituents is 1. The van der Waals surface area contributed by atoms with Crippen molar-refractivity contribution in [1.29, 1.82) is 0 Å². The van der Waals surface area contributed by atoms with E-state index < -0.39 is 41.2 Å². The van der Waals surface area contributed by atoms with Crippen LogP contribution in [0.25, 0.3) is 0 Å². The summed E-state index contributed by atoms with van der Waals surface area (Å²) in [5.74, 6) is -2.72. The van der Waals surface area contributed by atoms with Gasteiger partial charge in [0.2, 0.25) is 11.8 Å². The van der Waals surface area contributed by atoms with E-state index in [9.17, 15) is 24.5 Å². The minimum Gasteiger partial charge on any atom is -0.481 e. The number of carboxylic acid groups (broad SMARTS) is 1. The molecule has 1 aromatic rings. The van der Waals surface area contributed by atoms with Crippen LogP contribution in [0.1, 0.15) is 13.3 Å². The molecule has 0 aliphatic heterocycles. The van der Waals surface area contributed by atoms with Crippen molar-refractivity contribution in [2.24, 2.45) is 5.73 Å². The van der Waals surface area contributed by atoms with Crippen molar-refractivity contribution >= 4 is 29.2 Å². The van der Waals surface area contributed by atoms with Crippen molar-refractivity contribution in [2.45, 2.75) is 25.4 Å². The molecule has 0 saturated heterocycles. The molecular formula is C13H16N4O6. The summed E-state index contributed by atoms with van der Waals surface area (Å²) in [6, 6.07) is 2.73. The molecule has 1 rings (SSSR count). The molecule has 0 saturated carbocycles. The number of benzene rings is 1. The van der Waals surface area contributed by atoms with Gasteiger partial charge < -0.3 is 21.5 Å². The van der Waals surface area contributed by atoms with Crippen molar-refractivity contribution in [2.75, 3.05) is 5.32 Å². The second-order valence-electron chi connectivity index (χ2n) is 4.74. The molecule has 2 amide bonds. The van der Waals surface area contributed by atoms with E-state index in [1.54, 1.807) is 0 Å². The minimum absolute atomic E-state index is 0.157. The molecule has 0 heterocycles. The molecule has 0 aromatic heterocycles. The number of amides is 2. The molecule has 1 aromatic carbocycles. The zero-order valence-electron chi connectivity index (χ0n) is 12.2. The first-order valence-corrected chi connectivity index (χ1v) is 6.53. The first kappa shape index (κ1) is 18.0. The van der Waals surface area contributed by atoms with Crippen molar-refractivity contribution < 1.29 is 24.4 Å². The van der Waals surface area contributed by atoms with Crippen molar-refractivity contribution in [3.63, 3.8) is 0 Å². The van der Waals surface area contributed by atoms with Gasteiger partial charge in [0.25, 0.3) is 5.69 Å². The number of carbonyl (C=O) groups is 3. The summed E-state index contributed by atoms with van der Waals surface area (Å²) >= 11 is 0. The molecular weight excluding hydrogens is 308 g/mol. The molecule has 10 heteroatoms. The van der Waals surface area contributed by atoms with Crippen molar-refractivity contribution in [1.82, 2.24) is 5.32 Å². The molecule has 10 nitrogen and oxygen atoms in total. The third-order valence-electron chi connectivity index (χ3n) is 2.77. The third-order valence-corrected chi connectivity index (χ3v) is 2.77. The maximum Gasteiger partial charge on any atom is 0.305 e. The normalized spacial score (nSPS) is 12.8. The number of rotatable bonds is 7.